The van der Waals surface area contributed by atoms with Crippen molar-refractivity contribution in [1.29, 1.82) is 0 Å². The van der Waals surface area contributed by atoms with Crippen molar-refractivity contribution < 1.29 is 22.7 Å². The summed E-state index contributed by atoms with van der Waals surface area (Å²) in [6.45, 7) is 1.23. The van der Waals surface area contributed by atoms with Gasteiger partial charge in [-0.15, -0.1) is 11.3 Å². The fourth-order valence-electron chi connectivity index (χ4n) is 1.63. The van der Waals surface area contributed by atoms with Crippen LogP contribution in [0.15, 0.2) is 28.6 Å². The first kappa shape index (κ1) is 15.5. The Morgan fingerprint density at radius 2 is 2.19 bits per heavy atom. The van der Waals surface area contributed by atoms with Crippen LogP contribution < -0.4 is 4.72 Å². The Bertz CT molecular complexity index is 773. The van der Waals surface area contributed by atoms with Gasteiger partial charge in [-0.05, 0) is 19.1 Å². The van der Waals surface area contributed by atoms with Gasteiger partial charge in [0.05, 0.1) is 17.0 Å². The van der Waals surface area contributed by atoms with Gasteiger partial charge >= 0.3 is 5.97 Å². The van der Waals surface area contributed by atoms with E-state index < -0.39 is 32.3 Å². The molecule has 0 unspecified atom stereocenters. The van der Waals surface area contributed by atoms with E-state index in [1.165, 1.54) is 24.5 Å². The van der Waals surface area contributed by atoms with E-state index in [9.17, 15) is 17.6 Å². The molecule has 0 bridgehead atoms. The lowest BCUT2D eigenvalue weighted by Gasteiger charge is -2.10. The minimum atomic E-state index is -4.03. The Morgan fingerprint density at radius 3 is 2.76 bits per heavy atom. The highest BCUT2D eigenvalue weighted by Crippen LogP contribution is 2.21. The number of carbonyl (C=O) groups is 1. The third-order valence-electron chi connectivity index (χ3n) is 2.73. The number of nitrogens with zero attached hydrogens (tertiary/aromatic N) is 1. The van der Waals surface area contributed by atoms with E-state index in [2.05, 4.69) is 9.71 Å². The predicted octanol–water partition coefficient (Wildman–Crippen LogP) is 1.77. The van der Waals surface area contributed by atoms with Gasteiger partial charge in [0.1, 0.15) is 10.8 Å². The minimum absolute atomic E-state index is 0.0433. The number of halogens is 1. The number of hydrogen-bond acceptors (Lipinski definition) is 5. The molecule has 0 aliphatic carbocycles. The van der Waals surface area contributed by atoms with Crippen LogP contribution in [0, 0.1) is 12.7 Å². The molecule has 9 heteroatoms. The lowest BCUT2D eigenvalue weighted by Crippen LogP contribution is -2.24. The van der Waals surface area contributed by atoms with Crippen LogP contribution in [0.2, 0.25) is 0 Å². The molecule has 1 heterocycles. The highest BCUT2D eigenvalue weighted by atomic mass is 32.2. The average Bonchev–Trinajstić information content (AvgIpc) is 2.92. The second kappa shape index (κ2) is 5.88. The molecule has 0 saturated heterocycles. The van der Waals surface area contributed by atoms with Gasteiger partial charge in [-0.2, -0.15) is 0 Å². The maximum atomic E-state index is 13.7. The van der Waals surface area contributed by atoms with Crippen molar-refractivity contribution in [3.8, 4) is 0 Å². The lowest BCUT2D eigenvalue weighted by molar-refractivity contribution is 0.0696. The number of aromatic carboxylic acids is 1. The van der Waals surface area contributed by atoms with Crippen molar-refractivity contribution in [1.82, 2.24) is 9.71 Å². The fraction of sp³-hybridized carbons (Fsp3) is 0.167. The van der Waals surface area contributed by atoms with E-state index in [0.717, 1.165) is 12.1 Å². The molecule has 6 nitrogen and oxygen atoms in total. The summed E-state index contributed by atoms with van der Waals surface area (Å²) in [6, 6.07) is 1.72. The normalized spacial score (nSPS) is 11.5. The van der Waals surface area contributed by atoms with E-state index in [1.54, 1.807) is 5.38 Å². The van der Waals surface area contributed by atoms with Gasteiger partial charge in [0, 0.05) is 17.1 Å². The van der Waals surface area contributed by atoms with Crippen LogP contribution in [-0.2, 0) is 16.6 Å². The quantitative estimate of drug-likeness (QED) is 0.871. The molecule has 112 valence electrons. The molecule has 1 aromatic carbocycles. The van der Waals surface area contributed by atoms with Crippen LogP contribution in [-0.4, -0.2) is 24.5 Å². The fourth-order valence-corrected chi connectivity index (χ4v) is 3.54. The molecule has 21 heavy (non-hydrogen) atoms. The van der Waals surface area contributed by atoms with E-state index in [4.69, 9.17) is 5.11 Å². The van der Waals surface area contributed by atoms with Crippen LogP contribution in [0.1, 0.15) is 20.9 Å². The summed E-state index contributed by atoms with van der Waals surface area (Å²) >= 11 is 1.27. The average molecular weight is 330 g/mol. The summed E-state index contributed by atoms with van der Waals surface area (Å²) in [7, 11) is -4.03. The zero-order valence-corrected chi connectivity index (χ0v) is 12.5. The van der Waals surface area contributed by atoms with Crippen LogP contribution in [0.25, 0.3) is 0 Å². The van der Waals surface area contributed by atoms with Crippen LogP contribution in [0.4, 0.5) is 4.39 Å². The standard InChI is InChI=1S/C12H11FN2O4S2/c1-7-9(13)4-8(12(16)17)5-10(7)21(18,19)15-6-11-14-2-3-20-11/h2-5,15H,6H2,1H3,(H,16,17). The topological polar surface area (TPSA) is 96.4 Å². The molecule has 0 aliphatic heterocycles. The number of carboxylic acids is 1. The first-order valence-corrected chi connectivity index (χ1v) is 8.09. The number of rotatable bonds is 5. The molecule has 0 aliphatic rings. The first-order chi connectivity index (χ1) is 9.81. The smallest absolute Gasteiger partial charge is 0.335 e. The third kappa shape index (κ3) is 3.43. The molecule has 2 aromatic rings. The van der Waals surface area contributed by atoms with E-state index in [0.29, 0.717) is 5.01 Å². The summed E-state index contributed by atoms with van der Waals surface area (Å²) in [4.78, 5) is 14.4. The number of carboxylic acid groups (broad SMARTS) is 1. The highest BCUT2D eigenvalue weighted by Gasteiger charge is 2.22. The van der Waals surface area contributed by atoms with E-state index in [1.807, 2.05) is 0 Å². The zero-order valence-electron chi connectivity index (χ0n) is 10.8. The number of thiazole rings is 1. The maximum Gasteiger partial charge on any atom is 0.335 e. The number of aromatic nitrogens is 1. The predicted molar refractivity (Wildman–Crippen MR) is 74.2 cm³/mol. The SMILES string of the molecule is Cc1c(F)cc(C(=O)O)cc1S(=O)(=O)NCc1nccs1. The summed E-state index contributed by atoms with van der Waals surface area (Å²) in [5.41, 5.74) is -0.556. The monoisotopic (exact) mass is 330 g/mol. The maximum absolute atomic E-state index is 13.7. The van der Waals surface area contributed by atoms with Crippen molar-refractivity contribution in [3.63, 3.8) is 0 Å². The van der Waals surface area contributed by atoms with Crippen molar-refractivity contribution in [2.24, 2.45) is 0 Å². The number of nitrogens with one attached hydrogen (secondary N) is 1. The van der Waals surface area contributed by atoms with Gasteiger partial charge in [-0.25, -0.2) is 27.3 Å². The van der Waals surface area contributed by atoms with Crippen molar-refractivity contribution >= 4 is 27.3 Å². The summed E-state index contributed by atoms with van der Waals surface area (Å²) < 4.78 is 40.3. The molecule has 0 radical (unpaired) electrons. The Kier molecular flexibility index (Phi) is 4.35. The third-order valence-corrected chi connectivity index (χ3v) is 5.04. The minimum Gasteiger partial charge on any atom is -0.478 e. The Morgan fingerprint density at radius 1 is 1.48 bits per heavy atom. The largest absolute Gasteiger partial charge is 0.478 e. The number of sulfonamides is 1. The van der Waals surface area contributed by atoms with Gasteiger partial charge in [0.15, 0.2) is 0 Å². The second-order valence-electron chi connectivity index (χ2n) is 4.14. The molecular formula is C12H11FN2O4S2. The molecule has 0 atom stereocenters. The Balaban J connectivity index is 2.37. The molecule has 1 aromatic heterocycles. The number of benzene rings is 1. The van der Waals surface area contributed by atoms with Gasteiger partial charge in [-0.1, -0.05) is 0 Å². The van der Waals surface area contributed by atoms with Crippen molar-refractivity contribution in [2.75, 3.05) is 0 Å². The molecule has 0 saturated carbocycles. The summed E-state index contributed by atoms with van der Waals surface area (Å²) in [6.07, 6.45) is 1.53. The lowest BCUT2D eigenvalue weighted by atomic mass is 10.1. The molecule has 0 amide bonds. The van der Waals surface area contributed by atoms with Crippen LogP contribution in [0.3, 0.4) is 0 Å². The molecule has 0 spiro atoms. The molecule has 2 rings (SSSR count). The summed E-state index contributed by atoms with van der Waals surface area (Å²) in [5, 5.41) is 11.1. The van der Waals surface area contributed by atoms with Crippen LogP contribution >= 0.6 is 11.3 Å². The van der Waals surface area contributed by atoms with Gasteiger partial charge < -0.3 is 5.11 Å². The van der Waals surface area contributed by atoms with Gasteiger partial charge in [0.2, 0.25) is 10.0 Å². The second-order valence-corrected chi connectivity index (χ2v) is 6.85. The Hall–Kier alpha value is -1.84. The highest BCUT2D eigenvalue weighted by molar-refractivity contribution is 7.89. The van der Waals surface area contributed by atoms with Crippen molar-refractivity contribution in [3.05, 3.63) is 45.7 Å². The molecular weight excluding hydrogens is 319 g/mol. The van der Waals surface area contributed by atoms with Crippen LogP contribution in [0.5, 0.6) is 0 Å². The molecule has 0 fully saturated rings. The van der Waals surface area contributed by atoms with E-state index in [-0.39, 0.29) is 12.1 Å². The van der Waals surface area contributed by atoms with Gasteiger partial charge in [-0.3, -0.25) is 0 Å². The number of hydrogen-bond donors (Lipinski definition) is 2. The van der Waals surface area contributed by atoms with E-state index >= 15 is 0 Å². The van der Waals surface area contributed by atoms with Crippen molar-refractivity contribution in [2.45, 2.75) is 18.4 Å². The Labute approximate surface area is 124 Å². The molecule has 2 N–H and O–H groups in total. The summed E-state index contributed by atoms with van der Waals surface area (Å²) in [5.74, 6) is -2.28. The first-order valence-electron chi connectivity index (χ1n) is 5.73. The zero-order chi connectivity index (χ0) is 15.6. The van der Waals surface area contributed by atoms with Gasteiger partial charge in [0.25, 0.3) is 0 Å².